The van der Waals surface area contributed by atoms with E-state index >= 15 is 0 Å². The van der Waals surface area contributed by atoms with E-state index in [1.54, 1.807) is 11.1 Å². The maximum atomic E-state index is 12.6. The first-order valence-electron chi connectivity index (χ1n) is 7.91. The first-order valence-corrected chi connectivity index (χ1v) is 7.91. The summed E-state index contributed by atoms with van der Waals surface area (Å²) in [4.78, 5) is 38.6. The predicted molar refractivity (Wildman–Crippen MR) is 81.4 cm³/mol. The van der Waals surface area contributed by atoms with E-state index in [9.17, 15) is 14.4 Å². The van der Waals surface area contributed by atoms with E-state index < -0.39 is 6.03 Å². The number of imide groups is 1. The van der Waals surface area contributed by atoms with E-state index in [0.717, 1.165) is 29.7 Å². The quantitative estimate of drug-likeness (QED) is 0.799. The van der Waals surface area contributed by atoms with Crippen molar-refractivity contribution in [2.75, 3.05) is 19.6 Å². The number of carbonyl (C=O) groups is 3. The molecule has 0 saturated carbocycles. The highest BCUT2D eigenvalue weighted by atomic mass is 16.2. The maximum absolute atomic E-state index is 12.6. The van der Waals surface area contributed by atoms with Gasteiger partial charge in [0.15, 0.2) is 0 Å². The van der Waals surface area contributed by atoms with E-state index in [-0.39, 0.29) is 30.9 Å². The van der Waals surface area contributed by atoms with Crippen LogP contribution < -0.4 is 5.32 Å². The van der Waals surface area contributed by atoms with Gasteiger partial charge in [0.1, 0.15) is 6.54 Å². The lowest BCUT2D eigenvalue weighted by atomic mass is 10.0. The van der Waals surface area contributed by atoms with Gasteiger partial charge in [-0.25, -0.2) is 4.79 Å². The second kappa shape index (κ2) is 6.39. The van der Waals surface area contributed by atoms with Gasteiger partial charge in [0.05, 0.1) is 25.3 Å². The largest absolute Gasteiger partial charge is 0.336 e. The van der Waals surface area contributed by atoms with Crippen LogP contribution in [0.3, 0.4) is 0 Å². The summed E-state index contributed by atoms with van der Waals surface area (Å²) in [7, 11) is 0. The van der Waals surface area contributed by atoms with Gasteiger partial charge >= 0.3 is 6.03 Å². The fourth-order valence-corrected chi connectivity index (χ4v) is 3.14. The minimum atomic E-state index is -0.486. The molecule has 1 aromatic rings. The first-order chi connectivity index (χ1) is 11.0. The minimum absolute atomic E-state index is 0.0257. The van der Waals surface area contributed by atoms with Crippen LogP contribution in [0.1, 0.15) is 24.8 Å². The van der Waals surface area contributed by atoms with Crippen molar-refractivity contribution >= 4 is 17.8 Å². The molecule has 0 bridgehead atoms. The Morgan fingerprint density at radius 2 is 2.22 bits per heavy atom. The standard InChI is InChI=1S/C15H21N5O3/c1-11-6-17-18(8-11)9-12-4-2-3-5-19(12)14(22)10-20-13(21)7-16-15(20)23/h6,8,12H,2-5,7,9-10H2,1H3,(H,16,23). The average molecular weight is 319 g/mol. The van der Waals surface area contributed by atoms with Crippen LogP contribution in [0.25, 0.3) is 0 Å². The molecular formula is C15H21N5O3. The summed E-state index contributed by atoms with van der Waals surface area (Å²) < 4.78 is 1.85. The summed E-state index contributed by atoms with van der Waals surface area (Å²) >= 11 is 0. The van der Waals surface area contributed by atoms with Gasteiger partial charge in [-0.2, -0.15) is 5.10 Å². The van der Waals surface area contributed by atoms with E-state index in [1.807, 2.05) is 17.8 Å². The van der Waals surface area contributed by atoms with Crippen LogP contribution in [0, 0.1) is 6.92 Å². The second-order valence-corrected chi connectivity index (χ2v) is 6.12. The number of amides is 4. The number of aromatic nitrogens is 2. The molecular weight excluding hydrogens is 298 g/mol. The Kier molecular flexibility index (Phi) is 4.31. The molecule has 2 fully saturated rings. The molecule has 3 heterocycles. The Hall–Kier alpha value is -2.38. The molecule has 0 aromatic carbocycles. The highest BCUT2D eigenvalue weighted by molar-refractivity contribution is 6.04. The number of carbonyl (C=O) groups excluding carboxylic acids is 3. The Morgan fingerprint density at radius 3 is 2.87 bits per heavy atom. The van der Waals surface area contributed by atoms with E-state index in [1.165, 1.54) is 0 Å². The number of hydrogen-bond donors (Lipinski definition) is 1. The number of rotatable bonds is 4. The molecule has 0 spiro atoms. The van der Waals surface area contributed by atoms with Crippen molar-refractivity contribution in [1.29, 1.82) is 0 Å². The van der Waals surface area contributed by atoms with Crippen LogP contribution in [0.2, 0.25) is 0 Å². The molecule has 23 heavy (non-hydrogen) atoms. The average Bonchev–Trinajstić information content (AvgIpc) is 3.08. The highest BCUT2D eigenvalue weighted by Crippen LogP contribution is 2.19. The van der Waals surface area contributed by atoms with Gasteiger partial charge in [0, 0.05) is 12.7 Å². The fourth-order valence-electron chi connectivity index (χ4n) is 3.14. The molecule has 3 rings (SSSR count). The minimum Gasteiger partial charge on any atom is -0.336 e. The van der Waals surface area contributed by atoms with Gasteiger partial charge in [-0.3, -0.25) is 19.2 Å². The van der Waals surface area contributed by atoms with Crippen LogP contribution in [0.15, 0.2) is 12.4 Å². The molecule has 1 atom stereocenters. The van der Waals surface area contributed by atoms with Crippen LogP contribution in [0.4, 0.5) is 4.79 Å². The van der Waals surface area contributed by atoms with Gasteiger partial charge in [0.25, 0.3) is 5.91 Å². The molecule has 2 saturated heterocycles. The zero-order chi connectivity index (χ0) is 16.4. The normalized spacial score (nSPS) is 21.7. The first kappa shape index (κ1) is 15.5. The Bertz CT molecular complexity index is 610. The van der Waals surface area contributed by atoms with E-state index in [2.05, 4.69) is 10.4 Å². The van der Waals surface area contributed by atoms with Crippen molar-refractivity contribution in [1.82, 2.24) is 24.9 Å². The summed E-state index contributed by atoms with van der Waals surface area (Å²) in [5.74, 6) is -0.524. The number of hydrogen-bond acceptors (Lipinski definition) is 4. The summed E-state index contributed by atoms with van der Waals surface area (Å²) in [6.45, 7) is 3.07. The number of likely N-dealkylation sites (tertiary alicyclic amines) is 1. The van der Waals surface area contributed by atoms with E-state index in [0.29, 0.717) is 13.1 Å². The Morgan fingerprint density at radius 1 is 1.39 bits per heavy atom. The third-order valence-electron chi connectivity index (χ3n) is 4.34. The van der Waals surface area contributed by atoms with Crippen molar-refractivity contribution in [3.05, 3.63) is 18.0 Å². The summed E-state index contributed by atoms with van der Waals surface area (Å²) in [6, 6.07) is -0.434. The highest BCUT2D eigenvalue weighted by Gasteiger charge is 2.34. The molecule has 2 aliphatic rings. The van der Waals surface area contributed by atoms with Crippen molar-refractivity contribution in [2.45, 2.75) is 38.8 Å². The molecule has 1 unspecified atom stereocenters. The fraction of sp³-hybridized carbons (Fsp3) is 0.600. The second-order valence-electron chi connectivity index (χ2n) is 6.12. The SMILES string of the molecule is Cc1cnn(CC2CCCCN2C(=O)CN2C(=O)CNC2=O)c1. The topological polar surface area (TPSA) is 87.5 Å². The van der Waals surface area contributed by atoms with Crippen LogP contribution in [-0.4, -0.2) is 63.1 Å². The van der Waals surface area contributed by atoms with Crippen molar-refractivity contribution in [3.8, 4) is 0 Å². The molecule has 124 valence electrons. The number of piperidine rings is 1. The van der Waals surface area contributed by atoms with Crippen LogP contribution in [-0.2, 0) is 16.1 Å². The summed E-state index contributed by atoms with van der Waals surface area (Å²) in [5.41, 5.74) is 1.08. The van der Waals surface area contributed by atoms with Crippen molar-refractivity contribution in [2.24, 2.45) is 0 Å². The monoisotopic (exact) mass is 319 g/mol. The molecule has 8 nitrogen and oxygen atoms in total. The van der Waals surface area contributed by atoms with Gasteiger partial charge in [-0.05, 0) is 31.7 Å². The molecule has 8 heteroatoms. The van der Waals surface area contributed by atoms with Gasteiger partial charge in [-0.15, -0.1) is 0 Å². The van der Waals surface area contributed by atoms with Gasteiger partial charge in [0.2, 0.25) is 5.91 Å². The van der Waals surface area contributed by atoms with Crippen LogP contribution in [0.5, 0.6) is 0 Å². The number of aryl methyl sites for hydroxylation is 1. The van der Waals surface area contributed by atoms with Crippen LogP contribution >= 0.6 is 0 Å². The number of nitrogens with zero attached hydrogens (tertiary/aromatic N) is 4. The lowest BCUT2D eigenvalue weighted by molar-refractivity contribution is -0.139. The molecule has 2 aliphatic heterocycles. The third-order valence-corrected chi connectivity index (χ3v) is 4.34. The molecule has 1 aromatic heterocycles. The molecule has 1 N–H and O–H groups in total. The lowest BCUT2D eigenvalue weighted by Crippen LogP contribution is -2.50. The lowest BCUT2D eigenvalue weighted by Gasteiger charge is -2.36. The van der Waals surface area contributed by atoms with Crippen molar-refractivity contribution < 1.29 is 14.4 Å². The number of urea groups is 1. The number of nitrogens with one attached hydrogen (secondary N) is 1. The smallest absolute Gasteiger partial charge is 0.325 e. The molecule has 0 aliphatic carbocycles. The zero-order valence-corrected chi connectivity index (χ0v) is 13.2. The Balaban J connectivity index is 1.66. The zero-order valence-electron chi connectivity index (χ0n) is 13.2. The molecule has 0 radical (unpaired) electrons. The predicted octanol–water partition coefficient (Wildman–Crippen LogP) is 0.124. The summed E-state index contributed by atoms with van der Waals surface area (Å²) in [6.07, 6.45) is 6.67. The van der Waals surface area contributed by atoms with Gasteiger partial charge in [-0.1, -0.05) is 0 Å². The third kappa shape index (κ3) is 3.35. The summed E-state index contributed by atoms with van der Waals surface area (Å²) in [5, 5.41) is 6.72. The Labute approximate surface area is 134 Å². The van der Waals surface area contributed by atoms with E-state index in [4.69, 9.17) is 0 Å². The van der Waals surface area contributed by atoms with Crippen molar-refractivity contribution in [3.63, 3.8) is 0 Å². The molecule has 4 amide bonds. The van der Waals surface area contributed by atoms with Gasteiger partial charge < -0.3 is 10.2 Å². The maximum Gasteiger partial charge on any atom is 0.325 e.